The number of carbonyl (C=O) groups is 3. The van der Waals surface area contributed by atoms with Crippen LogP contribution >= 0.6 is 22.9 Å². The number of thiophene rings is 1. The Morgan fingerprint density at radius 3 is 2.35 bits per heavy atom. The van der Waals surface area contributed by atoms with Crippen LogP contribution in [-0.2, 0) is 37.4 Å². The number of anilines is 1. The van der Waals surface area contributed by atoms with Gasteiger partial charge in [0.15, 0.2) is 0 Å². The van der Waals surface area contributed by atoms with E-state index in [0.29, 0.717) is 5.02 Å². The number of rotatable bonds is 7. The lowest BCUT2D eigenvalue weighted by Crippen LogP contribution is -2.45. The third-order valence-corrected chi connectivity index (χ3v) is 7.46. The van der Waals surface area contributed by atoms with Crippen molar-refractivity contribution in [1.82, 2.24) is 4.90 Å². The minimum absolute atomic E-state index is 0.0452. The van der Waals surface area contributed by atoms with Crippen LogP contribution in [0, 0.1) is 0 Å². The van der Waals surface area contributed by atoms with Gasteiger partial charge < -0.3 is 4.90 Å². The van der Waals surface area contributed by atoms with Crippen molar-refractivity contribution < 1.29 is 22.8 Å². The van der Waals surface area contributed by atoms with E-state index in [1.54, 1.807) is 24.3 Å². The first-order valence-corrected chi connectivity index (χ1v) is 13.0. The number of nitrogens with zero attached hydrogens (tertiary/aromatic N) is 2. The number of halogens is 1. The molecule has 0 radical (unpaired) electrons. The molecule has 4 rings (SSSR count). The van der Waals surface area contributed by atoms with Crippen LogP contribution in [0.1, 0.15) is 16.9 Å². The molecule has 1 fully saturated rings. The highest BCUT2D eigenvalue weighted by Crippen LogP contribution is 2.28. The molecule has 0 bridgehead atoms. The van der Waals surface area contributed by atoms with E-state index in [0.717, 1.165) is 15.3 Å². The molecule has 3 amide bonds. The first-order chi connectivity index (χ1) is 16.1. The van der Waals surface area contributed by atoms with Gasteiger partial charge in [0.05, 0.1) is 30.0 Å². The lowest BCUT2D eigenvalue weighted by atomic mass is 10.1. The maximum Gasteiger partial charge on any atom is 0.257 e. The molecule has 1 aliphatic heterocycles. The highest BCUT2D eigenvalue weighted by Gasteiger charge is 2.44. The molecule has 1 aromatic heterocycles. The zero-order chi connectivity index (χ0) is 24.5. The van der Waals surface area contributed by atoms with Gasteiger partial charge in [0.25, 0.3) is 5.91 Å². The van der Waals surface area contributed by atoms with E-state index in [9.17, 15) is 22.8 Å². The van der Waals surface area contributed by atoms with Crippen molar-refractivity contribution >= 4 is 56.4 Å². The van der Waals surface area contributed by atoms with Crippen LogP contribution in [0.5, 0.6) is 0 Å². The molecule has 3 aromatic rings. The summed E-state index contributed by atoms with van der Waals surface area (Å²) in [6.07, 6.45) is -0.128. The van der Waals surface area contributed by atoms with Crippen LogP contribution < -0.4 is 10.0 Å². The predicted octanol–water partition coefficient (Wildman–Crippen LogP) is 2.95. The quantitative estimate of drug-likeness (QED) is 0.483. The smallest absolute Gasteiger partial charge is 0.257 e. The van der Waals surface area contributed by atoms with E-state index in [1.165, 1.54) is 40.5 Å². The first kappa shape index (κ1) is 24.1. The molecule has 34 heavy (non-hydrogen) atoms. The number of carbonyl (C=O) groups excluding carboxylic acids is 3. The summed E-state index contributed by atoms with van der Waals surface area (Å²) >= 11 is 7.38. The Morgan fingerprint density at radius 1 is 1.09 bits per heavy atom. The Morgan fingerprint density at radius 2 is 1.76 bits per heavy atom. The summed E-state index contributed by atoms with van der Waals surface area (Å²) in [7, 11) is -3.92. The summed E-state index contributed by atoms with van der Waals surface area (Å²) in [4.78, 5) is 42.6. The van der Waals surface area contributed by atoms with Crippen LogP contribution in [0.15, 0.2) is 70.9 Å². The molecule has 0 saturated carbocycles. The standard InChI is InChI=1S/C23H20ClN3O5S2/c24-16-5-3-15(4-6-16)12-21(28)26(14-18-2-1-11-33-18)20-13-22(29)27(23(20)30)17-7-9-19(10-8-17)34(25,31)32/h1-11,20H,12-14H2,(H2,25,31,32). The first-order valence-electron chi connectivity index (χ1n) is 10.2. The molecule has 2 N–H and O–H groups in total. The summed E-state index contributed by atoms with van der Waals surface area (Å²) < 4.78 is 23.0. The number of benzene rings is 2. The van der Waals surface area contributed by atoms with E-state index in [2.05, 4.69) is 0 Å². The number of amides is 3. The van der Waals surface area contributed by atoms with Gasteiger partial charge >= 0.3 is 0 Å². The summed E-state index contributed by atoms with van der Waals surface area (Å²) in [5.74, 6) is -1.32. The fraction of sp³-hybridized carbons (Fsp3) is 0.174. The van der Waals surface area contributed by atoms with Crippen LogP contribution in [0.2, 0.25) is 5.02 Å². The second-order valence-corrected chi connectivity index (χ2v) is 10.8. The normalized spacial score (nSPS) is 16.2. The highest BCUT2D eigenvalue weighted by atomic mass is 35.5. The molecule has 1 aliphatic rings. The molecule has 1 unspecified atom stereocenters. The molecule has 0 aliphatic carbocycles. The fourth-order valence-electron chi connectivity index (χ4n) is 3.74. The fourth-order valence-corrected chi connectivity index (χ4v) is 5.08. The highest BCUT2D eigenvalue weighted by molar-refractivity contribution is 7.89. The van der Waals surface area contributed by atoms with E-state index in [-0.39, 0.29) is 35.9 Å². The van der Waals surface area contributed by atoms with E-state index in [1.807, 2.05) is 17.5 Å². The average molecular weight is 518 g/mol. The number of imide groups is 1. The molecular weight excluding hydrogens is 498 g/mol. The molecule has 2 aromatic carbocycles. The van der Waals surface area contributed by atoms with Crippen LogP contribution in [-0.4, -0.2) is 37.1 Å². The van der Waals surface area contributed by atoms with Crippen molar-refractivity contribution in [3.63, 3.8) is 0 Å². The molecule has 176 valence electrons. The SMILES string of the molecule is NS(=O)(=O)c1ccc(N2C(=O)CC(N(Cc3cccs3)C(=O)Cc3ccc(Cl)cc3)C2=O)cc1. The number of hydrogen-bond acceptors (Lipinski definition) is 6. The lowest BCUT2D eigenvalue weighted by Gasteiger charge is -2.27. The zero-order valence-corrected chi connectivity index (χ0v) is 20.1. The Hall–Kier alpha value is -3.05. The maximum atomic E-state index is 13.3. The van der Waals surface area contributed by atoms with Crippen molar-refractivity contribution in [2.75, 3.05) is 4.90 Å². The number of hydrogen-bond donors (Lipinski definition) is 1. The summed E-state index contributed by atoms with van der Waals surface area (Å²) in [6.45, 7) is 0.186. The zero-order valence-electron chi connectivity index (χ0n) is 17.8. The average Bonchev–Trinajstić information content (AvgIpc) is 3.40. The molecule has 1 atom stereocenters. The molecule has 11 heteroatoms. The van der Waals surface area contributed by atoms with Gasteiger partial charge in [-0.2, -0.15) is 0 Å². The third-order valence-electron chi connectivity index (χ3n) is 5.42. The van der Waals surface area contributed by atoms with Crippen LogP contribution in [0.3, 0.4) is 0 Å². The van der Waals surface area contributed by atoms with Crippen molar-refractivity contribution in [1.29, 1.82) is 0 Å². The second-order valence-electron chi connectivity index (χ2n) is 7.73. The van der Waals surface area contributed by atoms with E-state index >= 15 is 0 Å². The summed E-state index contributed by atoms with van der Waals surface area (Å²) in [5, 5.41) is 7.54. The Kier molecular flexibility index (Phi) is 6.85. The molecular formula is C23H20ClN3O5S2. The van der Waals surface area contributed by atoms with Gasteiger partial charge in [-0.25, -0.2) is 18.5 Å². The van der Waals surface area contributed by atoms with Gasteiger partial charge in [-0.15, -0.1) is 11.3 Å². The van der Waals surface area contributed by atoms with Gasteiger partial charge in [-0.1, -0.05) is 29.8 Å². The van der Waals surface area contributed by atoms with Gasteiger partial charge in [-0.3, -0.25) is 14.4 Å². The second kappa shape index (κ2) is 9.67. The molecule has 0 spiro atoms. The minimum Gasteiger partial charge on any atom is -0.325 e. The molecule has 1 saturated heterocycles. The maximum absolute atomic E-state index is 13.3. The third kappa shape index (κ3) is 5.20. The minimum atomic E-state index is -3.92. The van der Waals surface area contributed by atoms with Gasteiger partial charge in [0.1, 0.15) is 6.04 Å². The van der Waals surface area contributed by atoms with Gasteiger partial charge in [0.2, 0.25) is 21.8 Å². The van der Waals surface area contributed by atoms with Crippen molar-refractivity contribution in [2.45, 2.75) is 30.3 Å². The lowest BCUT2D eigenvalue weighted by molar-refractivity contribution is -0.138. The van der Waals surface area contributed by atoms with Crippen molar-refractivity contribution in [3.05, 3.63) is 81.5 Å². The van der Waals surface area contributed by atoms with E-state index < -0.39 is 27.9 Å². The Labute approximate surface area is 205 Å². The largest absolute Gasteiger partial charge is 0.325 e. The number of nitrogens with two attached hydrogens (primary N) is 1. The van der Waals surface area contributed by atoms with Gasteiger partial charge in [0, 0.05) is 9.90 Å². The number of primary sulfonamides is 1. The van der Waals surface area contributed by atoms with Crippen LogP contribution in [0.4, 0.5) is 5.69 Å². The van der Waals surface area contributed by atoms with E-state index in [4.69, 9.17) is 16.7 Å². The Bertz CT molecular complexity index is 1320. The van der Waals surface area contributed by atoms with Crippen molar-refractivity contribution in [3.8, 4) is 0 Å². The summed E-state index contributed by atoms with van der Waals surface area (Å²) in [6, 6.07) is 14.7. The molecule has 8 nitrogen and oxygen atoms in total. The van der Waals surface area contributed by atoms with Gasteiger partial charge in [-0.05, 0) is 53.4 Å². The predicted molar refractivity (Wildman–Crippen MR) is 129 cm³/mol. The topological polar surface area (TPSA) is 118 Å². The number of sulfonamides is 1. The summed E-state index contributed by atoms with van der Waals surface area (Å²) in [5.41, 5.74) is 0.948. The molecule has 2 heterocycles. The Balaban J connectivity index is 1.60. The van der Waals surface area contributed by atoms with Crippen LogP contribution in [0.25, 0.3) is 0 Å². The van der Waals surface area contributed by atoms with Crippen molar-refractivity contribution in [2.24, 2.45) is 5.14 Å². The monoisotopic (exact) mass is 517 g/mol.